The van der Waals surface area contributed by atoms with Crippen LogP contribution in [-0.4, -0.2) is 17.8 Å². The van der Waals surface area contributed by atoms with Crippen LogP contribution >= 0.6 is 0 Å². The molecule has 0 bridgehead atoms. The minimum atomic E-state index is -4.77. The van der Waals surface area contributed by atoms with Crippen molar-refractivity contribution in [3.05, 3.63) is 65.7 Å². The van der Waals surface area contributed by atoms with Crippen LogP contribution in [0.5, 0.6) is 0 Å². The van der Waals surface area contributed by atoms with Crippen LogP contribution in [0.1, 0.15) is 24.1 Å². The Kier molecular flexibility index (Phi) is 3.40. The number of hydrogen-bond acceptors (Lipinski definition) is 2. The average Bonchev–Trinajstić information content (AvgIpc) is 2.78. The SMILES string of the molecule is CCN1c2ccccc2[C@@](O)(C(F)(F)F)[C@H]1c1ccccc1. The van der Waals surface area contributed by atoms with E-state index >= 15 is 0 Å². The van der Waals surface area contributed by atoms with Crippen molar-refractivity contribution in [3.63, 3.8) is 0 Å². The molecule has 0 fully saturated rings. The standard InChI is InChI=1S/C17H16F3NO/c1-2-21-14-11-7-6-10-13(14)16(22,17(18,19)20)15(21)12-8-4-3-5-9-12/h3-11,15,22H,2H2,1H3/t15-,16+/m1/s1. The van der Waals surface area contributed by atoms with E-state index in [1.165, 1.54) is 12.1 Å². The van der Waals surface area contributed by atoms with Crippen LogP contribution in [0, 0.1) is 0 Å². The Hall–Kier alpha value is -2.01. The number of fused-ring (bicyclic) bond motifs is 1. The van der Waals surface area contributed by atoms with E-state index in [0.29, 0.717) is 17.8 Å². The van der Waals surface area contributed by atoms with Gasteiger partial charge in [0.25, 0.3) is 0 Å². The Morgan fingerprint density at radius 3 is 2.23 bits per heavy atom. The molecule has 0 spiro atoms. The van der Waals surface area contributed by atoms with Crippen molar-refractivity contribution in [2.45, 2.75) is 24.7 Å². The van der Waals surface area contributed by atoms with Crippen LogP contribution in [0.15, 0.2) is 54.6 Å². The van der Waals surface area contributed by atoms with Crippen LogP contribution in [0.3, 0.4) is 0 Å². The highest BCUT2D eigenvalue weighted by Crippen LogP contribution is 2.58. The van der Waals surface area contributed by atoms with Crippen molar-refractivity contribution in [2.75, 3.05) is 11.4 Å². The lowest BCUT2D eigenvalue weighted by atomic mass is 9.85. The zero-order chi connectivity index (χ0) is 16.0. The molecule has 3 rings (SSSR count). The smallest absolute Gasteiger partial charge is 0.374 e. The molecule has 0 aliphatic carbocycles. The fourth-order valence-electron chi connectivity index (χ4n) is 3.28. The number of aliphatic hydroxyl groups is 1. The fraction of sp³-hybridized carbons (Fsp3) is 0.294. The molecule has 0 saturated carbocycles. The maximum atomic E-state index is 13.8. The van der Waals surface area contributed by atoms with E-state index in [2.05, 4.69) is 0 Å². The van der Waals surface area contributed by atoms with E-state index < -0.39 is 17.8 Å². The molecule has 0 aromatic heterocycles. The van der Waals surface area contributed by atoms with Crippen molar-refractivity contribution >= 4 is 5.69 Å². The second kappa shape index (κ2) is 5.02. The predicted molar refractivity (Wildman–Crippen MR) is 78.6 cm³/mol. The van der Waals surface area contributed by atoms with Crippen LogP contribution in [-0.2, 0) is 5.60 Å². The molecule has 116 valence electrons. The minimum absolute atomic E-state index is 0.0850. The molecule has 1 aliphatic rings. The number of benzene rings is 2. The topological polar surface area (TPSA) is 23.5 Å². The summed E-state index contributed by atoms with van der Waals surface area (Å²) in [5.74, 6) is 0. The average molecular weight is 307 g/mol. The fourth-order valence-corrected chi connectivity index (χ4v) is 3.28. The van der Waals surface area contributed by atoms with Gasteiger partial charge in [-0.05, 0) is 18.6 Å². The number of alkyl halides is 3. The quantitative estimate of drug-likeness (QED) is 0.906. The summed E-state index contributed by atoms with van der Waals surface area (Å²) in [6.45, 7) is 2.16. The van der Waals surface area contributed by atoms with Gasteiger partial charge in [-0.3, -0.25) is 0 Å². The summed E-state index contributed by atoms with van der Waals surface area (Å²) in [5, 5.41) is 10.7. The minimum Gasteiger partial charge on any atom is -0.374 e. The zero-order valence-corrected chi connectivity index (χ0v) is 12.0. The number of anilines is 1. The number of nitrogens with zero attached hydrogens (tertiary/aromatic N) is 1. The molecule has 1 heterocycles. The van der Waals surface area contributed by atoms with E-state index in [0.717, 1.165) is 0 Å². The van der Waals surface area contributed by atoms with E-state index in [-0.39, 0.29) is 5.56 Å². The maximum Gasteiger partial charge on any atom is 0.423 e. The Bertz CT molecular complexity index is 671. The summed E-state index contributed by atoms with van der Waals surface area (Å²) in [4.78, 5) is 1.61. The lowest BCUT2D eigenvalue weighted by molar-refractivity contribution is -0.272. The van der Waals surface area contributed by atoms with E-state index in [4.69, 9.17) is 0 Å². The summed E-state index contributed by atoms with van der Waals surface area (Å²) in [5.41, 5.74) is -2.13. The summed E-state index contributed by atoms with van der Waals surface area (Å²) in [6, 6.07) is 13.4. The highest BCUT2D eigenvalue weighted by atomic mass is 19.4. The molecule has 1 N–H and O–H groups in total. The van der Waals surface area contributed by atoms with Crippen molar-refractivity contribution in [2.24, 2.45) is 0 Å². The van der Waals surface area contributed by atoms with Crippen LogP contribution in [0.4, 0.5) is 18.9 Å². The van der Waals surface area contributed by atoms with Gasteiger partial charge in [0.05, 0.1) is 6.04 Å². The summed E-state index contributed by atoms with van der Waals surface area (Å²) in [7, 11) is 0. The Labute approximate surface area is 126 Å². The van der Waals surface area contributed by atoms with Crippen LogP contribution in [0.2, 0.25) is 0 Å². The van der Waals surface area contributed by atoms with Crippen molar-refractivity contribution in [1.29, 1.82) is 0 Å². The normalized spacial score (nSPS) is 24.4. The van der Waals surface area contributed by atoms with Gasteiger partial charge >= 0.3 is 6.18 Å². The van der Waals surface area contributed by atoms with Gasteiger partial charge in [-0.25, -0.2) is 0 Å². The molecule has 2 aromatic rings. The Balaban J connectivity index is 2.27. The summed E-state index contributed by atoms with van der Waals surface area (Å²) >= 11 is 0. The van der Waals surface area contributed by atoms with Gasteiger partial charge in [-0.15, -0.1) is 0 Å². The third-order valence-corrected chi connectivity index (χ3v) is 4.22. The second-order valence-electron chi connectivity index (χ2n) is 5.38. The van der Waals surface area contributed by atoms with Gasteiger partial charge in [-0.2, -0.15) is 13.2 Å². The third kappa shape index (κ3) is 1.92. The van der Waals surface area contributed by atoms with Gasteiger partial charge in [0, 0.05) is 17.8 Å². The van der Waals surface area contributed by atoms with Gasteiger partial charge < -0.3 is 10.0 Å². The molecule has 5 heteroatoms. The second-order valence-corrected chi connectivity index (χ2v) is 5.38. The molecule has 1 aliphatic heterocycles. The highest BCUT2D eigenvalue weighted by Gasteiger charge is 2.65. The number of rotatable bonds is 2. The molecular weight excluding hydrogens is 291 g/mol. The molecule has 22 heavy (non-hydrogen) atoms. The monoisotopic (exact) mass is 307 g/mol. The molecule has 0 radical (unpaired) electrons. The van der Waals surface area contributed by atoms with Gasteiger partial charge in [0.15, 0.2) is 0 Å². The maximum absolute atomic E-state index is 13.8. The molecule has 2 aromatic carbocycles. The molecule has 2 atom stereocenters. The number of likely N-dealkylation sites (N-methyl/N-ethyl adjacent to an activating group) is 1. The molecular formula is C17H16F3NO. The first-order chi connectivity index (χ1) is 10.4. The van der Waals surface area contributed by atoms with Crippen molar-refractivity contribution in [3.8, 4) is 0 Å². The zero-order valence-electron chi connectivity index (χ0n) is 12.0. The molecule has 2 nitrogen and oxygen atoms in total. The summed E-state index contributed by atoms with van der Waals surface area (Å²) in [6.07, 6.45) is -4.77. The molecule has 0 unspecified atom stereocenters. The first kappa shape index (κ1) is 14.9. The van der Waals surface area contributed by atoms with E-state index in [1.807, 2.05) is 0 Å². The van der Waals surface area contributed by atoms with Crippen molar-refractivity contribution in [1.82, 2.24) is 0 Å². The lowest BCUT2D eigenvalue weighted by Gasteiger charge is -2.36. The first-order valence-electron chi connectivity index (χ1n) is 7.11. The van der Waals surface area contributed by atoms with Crippen LogP contribution in [0.25, 0.3) is 0 Å². The van der Waals surface area contributed by atoms with Gasteiger partial charge in [-0.1, -0.05) is 48.5 Å². The van der Waals surface area contributed by atoms with Gasteiger partial charge in [0.1, 0.15) is 0 Å². The Morgan fingerprint density at radius 2 is 1.64 bits per heavy atom. The third-order valence-electron chi connectivity index (χ3n) is 4.22. The largest absolute Gasteiger partial charge is 0.423 e. The molecule has 0 saturated heterocycles. The first-order valence-corrected chi connectivity index (χ1v) is 7.11. The Morgan fingerprint density at radius 1 is 1.05 bits per heavy atom. The van der Waals surface area contributed by atoms with E-state index in [9.17, 15) is 18.3 Å². The van der Waals surface area contributed by atoms with Gasteiger partial charge in [0.2, 0.25) is 5.60 Å². The highest BCUT2D eigenvalue weighted by molar-refractivity contribution is 5.65. The van der Waals surface area contributed by atoms with Crippen molar-refractivity contribution < 1.29 is 18.3 Å². The molecule has 0 amide bonds. The predicted octanol–water partition coefficient (Wildman–Crippen LogP) is 4.02. The summed E-state index contributed by atoms with van der Waals surface area (Å²) < 4.78 is 41.4. The number of halogens is 3. The van der Waals surface area contributed by atoms with E-state index in [1.54, 1.807) is 54.3 Å². The number of hydrogen-bond donors (Lipinski definition) is 1. The lowest BCUT2D eigenvalue weighted by Crippen LogP contribution is -2.48. The number of para-hydroxylation sites is 1. The van der Waals surface area contributed by atoms with Crippen LogP contribution < -0.4 is 4.90 Å².